The highest BCUT2D eigenvalue weighted by molar-refractivity contribution is 5.21. The summed E-state index contributed by atoms with van der Waals surface area (Å²) >= 11 is 0. The van der Waals surface area contributed by atoms with E-state index in [-0.39, 0.29) is 5.82 Å². The Morgan fingerprint density at radius 3 is 2.76 bits per heavy atom. The van der Waals surface area contributed by atoms with Crippen molar-refractivity contribution < 1.29 is 9.13 Å². The minimum atomic E-state index is -0.257. The van der Waals surface area contributed by atoms with E-state index in [1.807, 2.05) is 10.9 Å². The second-order valence-electron chi connectivity index (χ2n) is 5.16. The maximum atomic E-state index is 12.7. The Labute approximate surface area is 124 Å². The number of nitrogens with one attached hydrogen (secondary N) is 1. The van der Waals surface area contributed by atoms with Crippen LogP contribution in [0.1, 0.15) is 26.0 Å². The molecule has 0 atom stereocenters. The summed E-state index contributed by atoms with van der Waals surface area (Å²) in [5.41, 5.74) is 0.933. The van der Waals surface area contributed by atoms with Crippen molar-refractivity contribution in [3.05, 3.63) is 42.0 Å². The van der Waals surface area contributed by atoms with Crippen molar-refractivity contribution in [2.24, 2.45) is 0 Å². The summed E-state index contributed by atoms with van der Waals surface area (Å²) in [4.78, 5) is 0. The molecule has 5 nitrogen and oxygen atoms in total. The molecule has 0 bridgehead atoms. The third-order valence-corrected chi connectivity index (χ3v) is 2.89. The summed E-state index contributed by atoms with van der Waals surface area (Å²) in [6.45, 7) is 6.22. The van der Waals surface area contributed by atoms with Crippen molar-refractivity contribution in [1.82, 2.24) is 20.3 Å². The molecule has 0 radical (unpaired) electrons. The number of hydrogen-bond acceptors (Lipinski definition) is 4. The van der Waals surface area contributed by atoms with E-state index in [0.29, 0.717) is 18.4 Å². The van der Waals surface area contributed by atoms with E-state index in [9.17, 15) is 4.39 Å². The lowest BCUT2D eigenvalue weighted by Crippen LogP contribution is -2.21. The molecule has 2 rings (SSSR count). The molecular formula is C15H21FN4O. The number of rotatable bonds is 8. The quantitative estimate of drug-likeness (QED) is 0.759. The van der Waals surface area contributed by atoms with Crippen LogP contribution in [-0.4, -0.2) is 27.6 Å². The van der Waals surface area contributed by atoms with Crippen LogP contribution in [0, 0.1) is 5.82 Å². The number of aryl methyl sites for hydroxylation is 1. The number of aromatic nitrogens is 3. The van der Waals surface area contributed by atoms with Gasteiger partial charge in [-0.15, -0.1) is 5.10 Å². The molecule has 0 saturated carbocycles. The van der Waals surface area contributed by atoms with E-state index in [1.54, 1.807) is 12.1 Å². The molecule has 0 unspecified atom stereocenters. The lowest BCUT2D eigenvalue weighted by molar-refractivity contribution is 0.297. The van der Waals surface area contributed by atoms with Gasteiger partial charge in [0.15, 0.2) is 0 Å². The molecule has 21 heavy (non-hydrogen) atoms. The fourth-order valence-corrected chi connectivity index (χ4v) is 1.78. The summed E-state index contributed by atoms with van der Waals surface area (Å²) in [5, 5.41) is 11.5. The van der Waals surface area contributed by atoms with E-state index in [4.69, 9.17) is 4.74 Å². The van der Waals surface area contributed by atoms with Crippen LogP contribution in [0.15, 0.2) is 30.5 Å². The predicted octanol–water partition coefficient (Wildman–Crippen LogP) is 2.38. The van der Waals surface area contributed by atoms with Crippen LogP contribution in [0.2, 0.25) is 0 Å². The smallest absolute Gasteiger partial charge is 0.123 e. The first-order chi connectivity index (χ1) is 10.1. The minimum absolute atomic E-state index is 0.257. The van der Waals surface area contributed by atoms with E-state index < -0.39 is 0 Å². The maximum Gasteiger partial charge on any atom is 0.123 e. The second kappa shape index (κ2) is 7.73. The van der Waals surface area contributed by atoms with E-state index in [2.05, 4.69) is 29.5 Å². The van der Waals surface area contributed by atoms with E-state index >= 15 is 0 Å². The lowest BCUT2D eigenvalue weighted by atomic mass is 10.3. The van der Waals surface area contributed by atoms with Gasteiger partial charge in [-0.2, -0.15) is 0 Å². The van der Waals surface area contributed by atoms with Crippen molar-refractivity contribution in [3.63, 3.8) is 0 Å². The van der Waals surface area contributed by atoms with Crippen molar-refractivity contribution in [3.8, 4) is 5.75 Å². The lowest BCUT2D eigenvalue weighted by Gasteiger charge is -2.06. The minimum Gasteiger partial charge on any atom is -0.494 e. The Morgan fingerprint density at radius 2 is 2.05 bits per heavy atom. The highest BCUT2D eigenvalue weighted by Gasteiger charge is 2.02. The molecule has 0 amide bonds. The van der Waals surface area contributed by atoms with Gasteiger partial charge in [0.05, 0.1) is 12.3 Å². The summed E-state index contributed by atoms with van der Waals surface area (Å²) in [5.74, 6) is 0.421. The molecule has 0 saturated heterocycles. The normalized spacial score (nSPS) is 11.0. The van der Waals surface area contributed by atoms with E-state index in [0.717, 1.165) is 25.2 Å². The van der Waals surface area contributed by atoms with Crippen LogP contribution < -0.4 is 10.1 Å². The average Bonchev–Trinajstić information content (AvgIpc) is 2.91. The van der Waals surface area contributed by atoms with Gasteiger partial charge in [-0.05, 0) is 24.3 Å². The number of halogens is 1. The number of benzene rings is 1. The zero-order valence-corrected chi connectivity index (χ0v) is 12.4. The molecular weight excluding hydrogens is 271 g/mol. The first-order valence-corrected chi connectivity index (χ1v) is 7.14. The molecule has 0 aliphatic heterocycles. The summed E-state index contributed by atoms with van der Waals surface area (Å²) < 4.78 is 20.1. The van der Waals surface area contributed by atoms with Gasteiger partial charge in [-0.1, -0.05) is 19.1 Å². The highest BCUT2D eigenvalue weighted by atomic mass is 19.1. The van der Waals surface area contributed by atoms with Gasteiger partial charge in [0.1, 0.15) is 11.6 Å². The van der Waals surface area contributed by atoms with Crippen LogP contribution >= 0.6 is 0 Å². The number of hydrogen-bond donors (Lipinski definition) is 1. The standard InChI is InChI=1S/C15H21FN4O/c1-12(2)17-10-14-11-20(19-18-14)8-3-9-21-15-6-4-13(16)5-7-15/h4-7,11-12,17H,3,8-10H2,1-2H3. The van der Waals surface area contributed by atoms with E-state index in [1.165, 1.54) is 12.1 Å². The zero-order valence-electron chi connectivity index (χ0n) is 12.4. The maximum absolute atomic E-state index is 12.7. The van der Waals surface area contributed by atoms with Gasteiger partial charge in [0.25, 0.3) is 0 Å². The molecule has 2 aromatic rings. The molecule has 1 aromatic carbocycles. The molecule has 1 N–H and O–H groups in total. The topological polar surface area (TPSA) is 52.0 Å². The van der Waals surface area contributed by atoms with Crippen LogP contribution in [-0.2, 0) is 13.1 Å². The third kappa shape index (κ3) is 5.51. The third-order valence-electron chi connectivity index (χ3n) is 2.89. The predicted molar refractivity (Wildman–Crippen MR) is 78.5 cm³/mol. The van der Waals surface area contributed by atoms with Gasteiger partial charge < -0.3 is 10.1 Å². The Kier molecular flexibility index (Phi) is 5.68. The van der Waals surface area contributed by atoms with Gasteiger partial charge in [-0.3, -0.25) is 4.68 Å². The molecule has 0 aliphatic carbocycles. The highest BCUT2D eigenvalue weighted by Crippen LogP contribution is 2.11. The summed E-state index contributed by atoms with van der Waals surface area (Å²) in [6.07, 6.45) is 2.76. The Bertz CT molecular complexity index is 539. The van der Waals surface area contributed by atoms with Crippen LogP contribution in [0.4, 0.5) is 4.39 Å². The number of nitrogens with zero attached hydrogens (tertiary/aromatic N) is 3. The Morgan fingerprint density at radius 1 is 1.29 bits per heavy atom. The first-order valence-electron chi connectivity index (χ1n) is 7.14. The zero-order chi connectivity index (χ0) is 15.1. The van der Waals surface area contributed by atoms with Gasteiger partial charge in [-0.25, -0.2) is 4.39 Å². The van der Waals surface area contributed by atoms with Crippen LogP contribution in [0.5, 0.6) is 5.75 Å². The number of ether oxygens (including phenoxy) is 1. The molecule has 0 fully saturated rings. The van der Waals surface area contributed by atoms with Crippen molar-refractivity contribution in [2.75, 3.05) is 6.61 Å². The molecule has 114 valence electrons. The summed E-state index contributed by atoms with van der Waals surface area (Å²) in [6, 6.07) is 6.46. The molecule has 0 aliphatic rings. The fourth-order valence-electron chi connectivity index (χ4n) is 1.78. The summed E-state index contributed by atoms with van der Waals surface area (Å²) in [7, 11) is 0. The van der Waals surface area contributed by atoms with Gasteiger partial charge in [0.2, 0.25) is 0 Å². The van der Waals surface area contributed by atoms with Gasteiger partial charge >= 0.3 is 0 Å². The SMILES string of the molecule is CC(C)NCc1cn(CCCOc2ccc(F)cc2)nn1. The van der Waals surface area contributed by atoms with Crippen molar-refractivity contribution in [1.29, 1.82) is 0 Å². The molecule has 1 heterocycles. The van der Waals surface area contributed by atoms with Gasteiger partial charge in [0, 0.05) is 31.7 Å². The second-order valence-corrected chi connectivity index (χ2v) is 5.16. The molecule has 1 aromatic heterocycles. The fraction of sp³-hybridized carbons (Fsp3) is 0.467. The Balaban J connectivity index is 1.67. The van der Waals surface area contributed by atoms with Crippen LogP contribution in [0.25, 0.3) is 0 Å². The average molecular weight is 292 g/mol. The molecule has 0 spiro atoms. The largest absolute Gasteiger partial charge is 0.494 e. The Hall–Kier alpha value is -1.95. The monoisotopic (exact) mass is 292 g/mol. The van der Waals surface area contributed by atoms with Crippen molar-refractivity contribution >= 4 is 0 Å². The first kappa shape index (κ1) is 15.4. The molecule has 6 heteroatoms. The van der Waals surface area contributed by atoms with Crippen molar-refractivity contribution in [2.45, 2.75) is 39.4 Å². The van der Waals surface area contributed by atoms with Crippen LogP contribution in [0.3, 0.4) is 0 Å².